The molecule has 0 aromatic heterocycles. The number of halogens is 2. The normalized spacial score (nSPS) is 18.8. The lowest BCUT2D eigenvalue weighted by Gasteiger charge is -2.24. The van der Waals surface area contributed by atoms with Crippen LogP contribution >= 0.6 is 23.2 Å². The van der Waals surface area contributed by atoms with E-state index in [1.807, 2.05) is 0 Å². The second-order valence-electron chi connectivity index (χ2n) is 4.26. The van der Waals surface area contributed by atoms with E-state index in [9.17, 15) is 5.11 Å². The van der Waals surface area contributed by atoms with Crippen molar-refractivity contribution in [2.45, 2.75) is 31.7 Å². The number of aliphatic hydroxyl groups is 1. The summed E-state index contributed by atoms with van der Waals surface area (Å²) in [4.78, 5) is 0. The van der Waals surface area contributed by atoms with Crippen molar-refractivity contribution in [3.8, 4) is 0 Å². The molecule has 0 saturated carbocycles. The minimum atomic E-state index is -0.648. The Labute approximate surface area is 117 Å². The van der Waals surface area contributed by atoms with E-state index in [-0.39, 0.29) is 6.29 Å². The first-order valence-corrected chi connectivity index (χ1v) is 6.79. The molecule has 1 aromatic carbocycles. The topological polar surface area (TPSA) is 38.7 Å². The first kappa shape index (κ1) is 14.1. The van der Waals surface area contributed by atoms with Crippen molar-refractivity contribution in [3.05, 3.63) is 33.8 Å². The molecule has 1 saturated heterocycles. The van der Waals surface area contributed by atoms with Gasteiger partial charge in [0.05, 0.1) is 29.4 Å². The first-order valence-electron chi connectivity index (χ1n) is 6.03. The highest BCUT2D eigenvalue weighted by molar-refractivity contribution is 6.42. The van der Waals surface area contributed by atoms with Crippen LogP contribution in [0.2, 0.25) is 10.0 Å². The molecule has 1 aliphatic heterocycles. The molecule has 0 spiro atoms. The molecule has 3 nitrogen and oxygen atoms in total. The number of hydrogen-bond donors (Lipinski definition) is 1. The second-order valence-corrected chi connectivity index (χ2v) is 5.05. The monoisotopic (exact) mass is 290 g/mol. The van der Waals surface area contributed by atoms with Gasteiger partial charge >= 0.3 is 0 Å². The van der Waals surface area contributed by atoms with Gasteiger partial charge in [0.2, 0.25) is 0 Å². The van der Waals surface area contributed by atoms with Crippen molar-refractivity contribution in [2.75, 3.05) is 13.2 Å². The summed E-state index contributed by atoms with van der Waals surface area (Å²) in [6, 6.07) is 5.26. The van der Waals surface area contributed by atoms with Crippen molar-refractivity contribution in [1.82, 2.24) is 0 Å². The van der Waals surface area contributed by atoms with Crippen molar-refractivity contribution >= 4 is 23.2 Å². The standard InChI is InChI=1S/C13H16Cl2O3/c14-10-4-1-3-9(13(10)15)11(16)5-6-12-17-7-2-8-18-12/h1,3-4,11-12,16H,2,5-8H2. The smallest absolute Gasteiger partial charge is 0.157 e. The highest BCUT2D eigenvalue weighted by Gasteiger charge is 2.18. The first-order chi connectivity index (χ1) is 8.68. The fourth-order valence-electron chi connectivity index (χ4n) is 1.93. The Balaban J connectivity index is 1.90. The Morgan fingerprint density at radius 3 is 2.72 bits per heavy atom. The number of hydrogen-bond acceptors (Lipinski definition) is 3. The lowest BCUT2D eigenvalue weighted by Crippen LogP contribution is -2.25. The summed E-state index contributed by atoms with van der Waals surface area (Å²) in [5.41, 5.74) is 0.653. The van der Waals surface area contributed by atoms with Crippen LogP contribution < -0.4 is 0 Å². The molecule has 1 fully saturated rings. The van der Waals surface area contributed by atoms with Gasteiger partial charge < -0.3 is 14.6 Å². The lowest BCUT2D eigenvalue weighted by atomic mass is 10.0. The SMILES string of the molecule is OC(CCC1OCCCO1)c1cccc(Cl)c1Cl. The summed E-state index contributed by atoms with van der Waals surface area (Å²) in [5, 5.41) is 11.0. The van der Waals surface area contributed by atoms with Gasteiger partial charge in [-0.05, 0) is 18.9 Å². The van der Waals surface area contributed by atoms with Gasteiger partial charge in [-0.3, -0.25) is 0 Å². The van der Waals surface area contributed by atoms with Gasteiger partial charge in [0.25, 0.3) is 0 Å². The van der Waals surface area contributed by atoms with Gasteiger partial charge in [-0.2, -0.15) is 0 Å². The van der Waals surface area contributed by atoms with Gasteiger partial charge in [-0.1, -0.05) is 35.3 Å². The van der Waals surface area contributed by atoms with Crippen LogP contribution in [0, 0.1) is 0 Å². The van der Waals surface area contributed by atoms with Gasteiger partial charge in [0, 0.05) is 12.0 Å². The average Bonchev–Trinajstić information content (AvgIpc) is 2.40. The molecular formula is C13H16Cl2O3. The molecule has 0 radical (unpaired) electrons. The minimum absolute atomic E-state index is 0.216. The summed E-state index contributed by atoms with van der Waals surface area (Å²) in [5.74, 6) is 0. The molecule has 1 N–H and O–H groups in total. The van der Waals surface area contributed by atoms with E-state index >= 15 is 0 Å². The molecular weight excluding hydrogens is 275 g/mol. The molecule has 0 aliphatic carbocycles. The van der Waals surface area contributed by atoms with E-state index < -0.39 is 6.10 Å². The van der Waals surface area contributed by atoms with Crippen LogP contribution in [-0.2, 0) is 9.47 Å². The third-order valence-electron chi connectivity index (χ3n) is 2.91. The highest BCUT2D eigenvalue weighted by atomic mass is 35.5. The van der Waals surface area contributed by atoms with Crippen LogP contribution in [0.1, 0.15) is 30.9 Å². The number of benzene rings is 1. The van der Waals surface area contributed by atoms with Crippen LogP contribution in [0.3, 0.4) is 0 Å². The summed E-state index contributed by atoms with van der Waals surface area (Å²) in [6.07, 6.45) is 1.24. The van der Waals surface area contributed by atoms with Crippen LogP contribution in [0.4, 0.5) is 0 Å². The minimum Gasteiger partial charge on any atom is -0.388 e. The quantitative estimate of drug-likeness (QED) is 0.921. The van der Waals surface area contributed by atoms with Crippen molar-refractivity contribution in [3.63, 3.8) is 0 Å². The zero-order valence-corrected chi connectivity index (χ0v) is 11.5. The molecule has 0 bridgehead atoms. The molecule has 0 amide bonds. The Bertz CT molecular complexity index is 392. The lowest BCUT2D eigenvalue weighted by molar-refractivity contribution is -0.183. The zero-order chi connectivity index (χ0) is 13.0. The van der Waals surface area contributed by atoms with Gasteiger partial charge in [0.1, 0.15) is 0 Å². The summed E-state index contributed by atoms with van der Waals surface area (Å²) < 4.78 is 10.9. The van der Waals surface area contributed by atoms with Crippen LogP contribution in [0.15, 0.2) is 18.2 Å². The maximum Gasteiger partial charge on any atom is 0.157 e. The molecule has 1 atom stereocenters. The van der Waals surface area contributed by atoms with E-state index in [1.165, 1.54) is 0 Å². The zero-order valence-electron chi connectivity index (χ0n) is 9.94. The van der Waals surface area contributed by atoms with E-state index in [4.69, 9.17) is 32.7 Å². The molecule has 18 heavy (non-hydrogen) atoms. The van der Waals surface area contributed by atoms with Gasteiger partial charge in [-0.15, -0.1) is 0 Å². The Kier molecular flexibility index (Phi) is 5.27. The fourth-order valence-corrected chi connectivity index (χ4v) is 2.36. The van der Waals surface area contributed by atoms with Crippen molar-refractivity contribution in [1.29, 1.82) is 0 Å². The Hall–Kier alpha value is -0.320. The third-order valence-corrected chi connectivity index (χ3v) is 3.75. The van der Waals surface area contributed by atoms with Crippen LogP contribution in [0.25, 0.3) is 0 Å². The molecule has 100 valence electrons. The largest absolute Gasteiger partial charge is 0.388 e. The number of ether oxygens (including phenoxy) is 2. The highest BCUT2D eigenvalue weighted by Crippen LogP contribution is 2.32. The summed E-state index contributed by atoms with van der Waals surface area (Å²) in [6.45, 7) is 1.44. The fraction of sp³-hybridized carbons (Fsp3) is 0.538. The molecule has 5 heteroatoms. The summed E-state index contributed by atoms with van der Waals surface area (Å²) >= 11 is 12.0. The predicted molar refractivity (Wildman–Crippen MR) is 71.0 cm³/mol. The third kappa shape index (κ3) is 3.59. The maximum absolute atomic E-state index is 10.1. The molecule has 1 unspecified atom stereocenters. The van der Waals surface area contributed by atoms with E-state index in [0.29, 0.717) is 28.5 Å². The average molecular weight is 291 g/mol. The number of aliphatic hydroxyl groups excluding tert-OH is 1. The number of rotatable bonds is 4. The van der Waals surface area contributed by atoms with Gasteiger partial charge in [0.15, 0.2) is 6.29 Å². The molecule has 1 aliphatic rings. The van der Waals surface area contributed by atoms with Crippen molar-refractivity contribution in [2.24, 2.45) is 0 Å². The van der Waals surface area contributed by atoms with E-state index in [2.05, 4.69) is 0 Å². The van der Waals surface area contributed by atoms with Crippen LogP contribution in [0.5, 0.6) is 0 Å². The maximum atomic E-state index is 10.1. The second kappa shape index (κ2) is 6.73. The Morgan fingerprint density at radius 2 is 2.00 bits per heavy atom. The van der Waals surface area contributed by atoms with Gasteiger partial charge in [-0.25, -0.2) is 0 Å². The van der Waals surface area contributed by atoms with Crippen LogP contribution in [-0.4, -0.2) is 24.6 Å². The Morgan fingerprint density at radius 1 is 1.28 bits per heavy atom. The predicted octanol–water partition coefficient (Wildman–Crippen LogP) is 3.57. The molecule has 2 rings (SSSR count). The van der Waals surface area contributed by atoms with Crippen molar-refractivity contribution < 1.29 is 14.6 Å². The molecule has 1 aromatic rings. The summed E-state index contributed by atoms with van der Waals surface area (Å²) in [7, 11) is 0. The van der Waals surface area contributed by atoms with E-state index in [0.717, 1.165) is 19.6 Å². The molecule has 1 heterocycles. The van der Waals surface area contributed by atoms with E-state index in [1.54, 1.807) is 18.2 Å².